The van der Waals surface area contributed by atoms with Gasteiger partial charge in [0.05, 0.1) is 16.3 Å². The van der Waals surface area contributed by atoms with E-state index in [1.807, 2.05) is 0 Å². The molecule has 1 amide bonds. The Morgan fingerprint density at radius 3 is 2.46 bits per heavy atom. The van der Waals surface area contributed by atoms with Crippen molar-refractivity contribution in [2.75, 3.05) is 16.6 Å². The second-order valence-electron chi connectivity index (χ2n) is 6.15. The smallest absolute Gasteiger partial charge is 0.261 e. The lowest BCUT2D eigenvalue weighted by Gasteiger charge is -2.15. The molecule has 0 radical (unpaired) electrons. The van der Waals surface area contributed by atoms with Gasteiger partial charge in [-0.15, -0.1) is 0 Å². The van der Waals surface area contributed by atoms with Crippen LogP contribution in [0.25, 0.3) is 0 Å². The van der Waals surface area contributed by atoms with Crippen molar-refractivity contribution in [3.63, 3.8) is 0 Å². The highest BCUT2D eigenvalue weighted by atomic mass is 32.2. The van der Waals surface area contributed by atoms with Gasteiger partial charge in [-0.1, -0.05) is 12.1 Å². The third kappa shape index (κ3) is 4.59. The molecular formula is C18H20FN3O3S. The van der Waals surface area contributed by atoms with Gasteiger partial charge in [-0.3, -0.25) is 9.52 Å². The Hall–Kier alpha value is -2.45. The first-order valence-corrected chi connectivity index (χ1v) is 9.83. The highest BCUT2D eigenvalue weighted by molar-refractivity contribution is 7.92. The topological polar surface area (TPSA) is 87.3 Å². The summed E-state index contributed by atoms with van der Waals surface area (Å²) in [7, 11) is -3.89. The molecule has 3 N–H and O–H groups in total. The molecule has 0 bridgehead atoms. The summed E-state index contributed by atoms with van der Waals surface area (Å²) in [4.78, 5) is 12.2. The highest BCUT2D eigenvalue weighted by Gasteiger charge is 2.20. The van der Waals surface area contributed by atoms with Gasteiger partial charge in [0.2, 0.25) is 5.91 Å². The third-order valence-corrected chi connectivity index (χ3v) is 5.54. The fraction of sp³-hybridized carbons (Fsp3) is 0.278. The molecule has 6 nitrogen and oxygen atoms in total. The van der Waals surface area contributed by atoms with Gasteiger partial charge >= 0.3 is 0 Å². The number of hydrogen-bond donors (Lipinski definition) is 3. The Kier molecular flexibility index (Phi) is 5.53. The van der Waals surface area contributed by atoms with E-state index in [-0.39, 0.29) is 22.5 Å². The van der Waals surface area contributed by atoms with E-state index in [0.29, 0.717) is 12.1 Å². The van der Waals surface area contributed by atoms with Crippen molar-refractivity contribution >= 4 is 27.3 Å². The molecule has 26 heavy (non-hydrogen) atoms. The van der Waals surface area contributed by atoms with Gasteiger partial charge in [0, 0.05) is 12.5 Å². The van der Waals surface area contributed by atoms with E-state index in [0.717, 1.165) is 31.5 Å². The summed E-state index contributed by atoms with van der Waals surface area (Å²) >= 11 is 0. The van der Waals surface area contributed by atoms with E-state index in [4.69, 9.17) is 0 Å². The molecule has 138 valence electrons. The summed E-state index contributed by atoms with van der Waals surface area (Å²) in [6, 6.07) is 11.2. The average Bonchev–Trinajstić information content (AvgIpc) is 3.09. The van der Waals surface area contributed by atoms with Crippen LogP contribution in [0.3, 0.4) is 0 Å². The molecule has 1 saturated heterocycles. The molecule has 1 aliphatic heterocycles. The van der Waals surface area contributed by atoms with E-state index in [1.54, 1.807) is 24.3 Å². The molecular weight excluding hydrogens is 357 g/mol. The van der Waals surface area contributed by atoms with Crippen LogP contribution in [0.4, 0.5) is 15.8 Å². The second kappa shape index (κ2) is 7.84. The fourth-order valence-corrected chi connectivity index (χ4v) is 3.93. The molecule has 0 saturated carbocycles. The van der Waals surface area contributed by atoms with Crippen molar-refractivity contribution in [1.29, 1.82) is 0 Å². The van der Waals surface area contributed by atoms with Gasteiger partial charge < -0.3 is 10.6 Å². The van der Waals surface area contributed by atoms with Crippen molar-refractivity contribution in [2.45, 2.75) is 30.2 Å². The monoisotopic (exact) mass is 377 g/mol. The Balaban J connectivity index is 1.74. The van der Waals surface area contributed by atoms with Gasteiger partial charge in [0.1, 0.15) is 5.82 Å². The molecule has 1 unspecified atom stereocenters. The minimum absolute atomic E-state index is 0.0600. The van der Waals surface area contributed by atoms with Crippen molar-refractivity contribution < 1.29 is 17.6 Å². The number of para-hydroxylation sites is 2. The van der Waals surface area contributed by atoms with Crippen LogP contribution in [-0.4, -0.2) is 26.9 Å². The maximum absolute atomic E-state index is 13.0. The van der Waals surface area contributed by atoms with Crippen LogP contribution in [0.15, 0.2) is 53.4 Å². The van der Waals surface area contributed by atoms with Crippen molar-refractivity contribution in [1.82, 2.24) is 5.32 Å². The number of benzene rings is 2. The van der Waals surface area contributed by atoms with E-state index < -0.39 is 15.8 Å². The first-order valence-electron chi connectivity index (χ1n) is 8.35. The number of sulfonamides is 1. The molecule has 8 heteroatoms. The van der Waals surface area contributed by atoms with Crippen molar-refractivity contribution in [3.8, 4) is 0 Å². The Morgan fingerprint density at radius 2 is 1.81 bits per heavy atom. The predicted molar refractivity (Wildman–Crippen MR) is 97.9 cm³/mol. The first-order chi connectivity index (χ1) is 12.4. The van der Waals surface area contributed by atoms with Gasteiger partial charge in [-0.2, -0.15) is 0 Å². The lowest BCUT2D eigenvalue weighted by molar-refractivity contribution is -0.116. The standard InChI is InChI=1S/C18H20FN3O3S/c19-13-7-9-15(10-8-13)26(24,25)22-17-6-2-1-5-16(17)21-18(23)12-14-4-3-11-20-14/h1-2,5-10,14,20,22H,3-4,11-12H2,(H,21,23). The van der Waals surface area contributed by atoms with Gasteiger partial charge in [-0.05, 0) is 55.8 Å². The average molecular weight is 377 g/mol. The number of hydrogen-bond acceptors (Lipinski definition) is 4. The summed E-state index contributed by atoms with van der Waals surface area (Å²) in [5.41, 5.74) is 0.630. The largest absolute Gasteiger partial charge is 0.324 e. The molecule has 1 aliphatic rings. The zero-order valence-electron chi connectivity index (χ0n) is 14.0. The summed E-state index contributed by atoms with van der Waals surface area (Å²) in [5, 5.41) is 6.00. The summed E-state index contributed by atoms with van der Waals surface area (Å²) in [6.45, 7) is 0.909. The van der Waals surface area contributed by atoms with Gasteiger partial charge in [0.15, 0.2) is 0 Å². The third-order valence-electron chi connectivity index (χ3n) is 4.16. The summed E-state index contributed by atoms with van der Waals surface area (Å²) in [5.74, 6) is -0.699. The SMILES string of the molecule is O=C(CC1CCCN1)Nc1ccccc1NS(=O)(=O)c1ccc(F)cc1. The van der Waals surface area contributed by atoms with Crippen LogP contribution in [0.2, 0.25) is 0 Å². The number of rotatable bonds is 6. The number of nitrogens with one attached hydrogen (secondary N) is 3. The normalized spacial score (nSPS) is 17.0. The zero-order valence-corrected chi connectivity index (χ0v) is 14.9. The second-order valence-corrected chi connectivity index (χ2v) is 7.83. The number of amides is 1. The molecule has 0 aliphatic carbocycles. The summed E-state index contributed by atoms with van der Waals surface area (Å²) in [6.07, 6.45) is 2.33. The Labute approximate surface area is 151 Å². The molecule has 1 fully saturated rings. The molecule has 2 aromatic rings. The van der Waals surface area contributed by atoms with E-state index >= 15 is 0 Å². The minimum Gasteiger partial charge on any atom is -0.324 e. The van der Waals surface area contributed by atoms with E-state index in [2.05, 4.69) is 15.4 Å². The van der Waals surface area contributed by atoms with Crippen molar-refractivity contribution in [3.05, 3.63) is 54.3 Å². The number of halogens is 1. The predicted octanol–water partition coefficient (Wildman–Crippen LogP) is 2.71. The summed E-state index contributed by atoms with van der Waals surface area (Å²) < 4.78 is 40.4. The maximum Gasteiger partial charge on any atom is 0.261 e. The van der Waals surface area contributed by atoms with Gasteiger partial charge in [0.25, 0.3) is 10.0 Å². The van der Waals surface area contributed by atoms with Crippen LogP contribution >= 0.6 is 0 Å². The van der Waals surface area contributed by atoms with Crippen LogP contribution in [0.1, 0.15) is 19.3 Å². The number of anilines is 2. The lowest BCUT2D eigenvalue weighted by Crippen LogP contribution is -2.27. The van der Waals surface area contributed by atoms with E-state index in [9.17, 15) is 17.6 Å². The molecule has 3 rings (SSSR count). The Bertz CT molecular complexity index is 879. The Morgan fingerprint density at radius 1 is 1.12 bits per heavy atom. The fourth-order valence-electron chi connectivity index (χ4n) is 2.85. The molecule has 0 spiro atoms. The van der Waals surface area contributed by atoms with Crippen molar-refractivity contribution in [2.24, 2.45) is 0 Å². The zero-order chi connectivity index (χ0) is 18.6. The molecule has 0 aromatic heterocycles. The van der Waals surface area contributed by atoms with Crippen LogP contribution in [0.5, 0.6) is 0 Å². The first kappa shape index (κ1) is 18.3. The molecule has 1 heterocycles. The highest BCUT2D eigenvalue weighted by Crippen LogP contribution is 2.25. The van der Waals surface area contributed by atoms with Crippen LogP contribution in [-0.2, 0) is 14.8 Å². The quantitative estimate of drug-likeness (QED) is 0.722. The van der Waals surface area contributed by atoms with Gasteiger partial charge in [-0.25, -0.2) is 12.8 Å². The maximum atomic E-state index is 13.0. The van der Waals surface area contributed by atoms with Crippen LogP contribution in [0, 0.1) is 5.82 Å². The number of carbonyl (C=O) groups is 1. The van der Waals surface area contributed by atoms with E-state index in [1.165, 1.54) is 12.1 Å². The lowest BCUT2D eigenvalue weighted by atomic mass is 10.1. The molecule has 2 aromatic carbocycles. The minimum atomic E-state index is -3.89. The number of carbonyl (C=O) groups excluding carboxylic acids is 1. The molecule has 1 atom stereocenters. The van der Waals surface area contributed by atoms with Crippen LogP contribution < -0.4 is 15.4 Å².